The average Bonchev–Trinajstić information content (AvgIpc) is 3.18. The summed E-state index contributed by atoms with van der Waals surface area (Å²) < 4.78 is 2.60. The maximum atomic E-state index is 4.21. The molecule has 2 aromatic rings. The zero-order valence-corrected chi connectivity index (χ0v) is 16.9. The van der Waals surface area contributed by atoms with Gasteiger partial charge in [0, 0.05) is 24.2 Å². The maximum Gasteiger partial charge on any atom is 0.0945 e. The second-order valence-electron chi connectivity index (χ2n) is 6.97. The predicted molar refractivity (Wildman–Crippen MR) is 112 cm³/mol. The summed E-state index contributed by atoms with van der Waals surface area (Å²) in [7, 11) is 0. The van der Waals surface area contributed by atoms with E-state index in [0.717, 1.165) is 11.8 Å². The molecule has 1 saturated heterocycles. The number of unbranched alkanes of at least 4 members (excludes halogenated alkanes) is 1. The van der Waals surface area contributed by atoms with E-state index in [1.807, 2.05) is 12.5 Å². The Kier molecular flexibility index (Phi) is 7.35. The highest BCUT2D eigenvalue weighted by Gasteiger charge is 2.37. The first-order valence-electron chi connectivity index (χ1n) is 9.61. The topological polar surface area (TPSA) is 17.8 Å². The van der Waals surface area contributed by atoms with E-state index in [-0.39, 0.29) is 0 Å². The molecule has 0 bridgehead atoms. The Labute approximate surface area is 161 Å². The normalized spacial score (nSPS) is 23.6. The van der Waals surface area contributed by atoms with Gasteiger partial charge in [-0.05, 0) is 43.4 Å². The summed E-state index contributed by atoms with van der Waals surface area (Å²) >= 11 is 4.51. The molecular formula is C21H30N2S2. The van der Waals surface area contributed by atoms with Crippen LogP contribution in [0.4, 0.5) is 0 Å². The van der Waals surface area contributed by atoms with Crippen molar-refractivity contribution >= 4 is 23.5 Å². The first-order valence-corrected chi connectivity index (χ1v) is 11.5. The van der Waals surface area contributed by atoms with Gasteiger partial charge in [-0.15, -0.1) is 23.5 Å². The molecule has 0 aliphatic carbocycles. The van der Waals surface area contributed by atoms with Crippen LogP contribution in [0.3, 0.4) is 0 Å². The summed E-state index contributed by atoms with van der Waals surface area (Å²) in [4.78, 5) is 4.21. The Bertz CT molecular complexity index is 600. The minimum absolute atomic E-state index is 0.358. The van der Waals surface area contributed by atoms with E-state index in [9.17, 15) is 0 Å². The summed E-state index contributed by atoms with van der Waals surface area (Å²) in [5.74, 6) is 1.32. The highest BCUT2D eigenvalue weighted by molar-refractivity contribution is 8.19. The van der Waals surface area contributed by atoms with Crippen molar-refractivity contribution in [1.29, 1.82) is 0 Å². The third kappa shape index (κ3) is 5.82. The largest absolute Gasteiger partial charge is 0.337 e. The number of aryl methyl sites for hydroxylation is 2. The van der Waals surface area contributed by atoms with Crippen molar-refractivity contribution in [2.24, 2.45) is 0 Å². The van der Waals surface area contributed by atoms with Crippen LogP contribution in [0.1, 0.15) is 51.0 Å². The van der Waals surface area contributed by atoms with Crippen molar-refractivity contribution in [2.75, 3.05) is 5.75 Å². The number of thioether (sulfide) groups is 2. The zero-order chi connectivity index (χ0) is 17.4. The number of rotatable bonds is 9. The zero-order valence-electron chi connectivity index (χ0n) is 15.3. The monoisotopic (exact) mass is 374 g/mol. The molecule has 3 rings (SSSR count). The molecule has 2 nitrogen and oxygen atoms in total. The minimum Gasteiger partial charge on any atom is -0.337 e. The van der Waals surface area contributed by atoms with Crippen LogP contribution in [0.25, 0.3) is 0 Å². The molecule has 0 amide bonds. The fourth-order valence-corrected chi connectivity index (χ4v) is 7.39. The van der Waals surface area contributed by atoms with Crippen LogP contribution in [0.15, 0.2) is 49.1 Å². The highest BCUT2D eigenvalue weighted by atomic mass is 32.2. The summed E-state index contributed by atoms with van der Waals surface area (Å²) in [6.45, 7) is 3.39. The van der Waals surface area contributed by atoms with Crippen molar-refractivity contribution in [3.63, 3.8) is 0 Å². The van der Waals surface area contributed by atoms with Gasteiger partial charge in [-0.1, -0.05) is 50.1 Å². The van der Waals surface area contributed by atoms with Crippen molar-refractivity contribution < 1.29 is 0 Å². The number of hydrogen-bond donors (Lipinski definition) is 0. The fourth-order valence-electron chi connectivity index (χ4n) is 3.49. The molecule has 0 spiro atoms. The molecule has 2 atom stereocenters. The Balaban J connectivity index is 1.65. The van der Waals surface area contributed by atoms with Gasteiger partial charge in [-0.25, -0.2) is 4.98 Å². The van der Waals surface area contributed by atoms with Crippen LogP contribution < -0.4 is 0 Å². The van der Waals surface area contributed by atoms with E-state index in [0.29, 0.717) is 4.08 Å². The number of benzene rings is 1. The number of nitrogens with zero attached hydrogens (tertiary/aromatic N) is 2. The number of aromatic nitrogens is 2. The van der Waals surface area contributed by atoms with E-state index in [4.69, 9.17) is 0 Å². The summed E-state index contributed by atoms with van der Waals surface area (Å²) in [5.41, 5.74) is 1.47. The molecule has 25 heavy (non-hydrogen) atoms. The van der Waals surface area contributed by atoms with Crippen LogP contribution >= 0.6 is 23.5 Å². The molecule has 1 aromatic carbocycles. The van der Waals surface area contributed by atoms with Crippen molar-refractivity contribution in [2.45, 2.75) is 67.7 Å². The molecular weight excluding hydrogens is 344 g/mol. The van der Waals surface area contributed by atoms with Crippen LogP contribution in [0, 0.1) is 0 Å². The summed E-state index contributed by atoms with van der Waals surface area (Å²) in [6.07, 6.45) is 15.1. The predicted octanol–water partition coefficient (Wildman–Crippen LogP) is 6.03. The standard InChI is InChI=1S/C21H30N2S2/c1-2-3-9-20-11-17-24-21(25-20,13-15-23-16-14-22-18-23)12-10-19-7-5-4-6-8-19/h4-8,14,16,18,20H,2-3,9-13,15,17H2,1H3. The van der Waals surface area contributed by atoms with Crippen LogP contribution in [0.5, 0.6) is 0 Å². The van der Waals surface area contributed by atoms with E-state index >= 15 is 0 Å². The molecule has 1 aliphatic heterocycles. The molecule has 2 unspecified atom stereocenters. The van der Waals surface area contributed by atoms with Gasteiger partial charge < -0.3 is 4.57 Å². The van der Waals surface area contributed by atoms with Crippen molar-refractivity contribution in [3.05, 3.63) is 54.6 Å². The third-order valence-corrected chi connectivity index (χ3v) is 8.67. The Morgan fingerprint density at radius 1 is 1.24 bits per heavy atom. The van der Waals surface area contributed by atoms with Gasteiger partial charge in [-0.3, -0.25) is 0 Å². The Morgan fingerprint density at radius 3 is 2.88 bits per heavy atom. The Morgan fingerprint density at radius 2 is 2.12 bits per heavy atom. The summed E-state index contributed by atoms with van der Waals surface area (Å²) in [6, 6.07) is 11.0. The van der Waals surface area contributed by atoms with Crippen LogP contribution in [0.2, 0.25) is 0 Å². The van der Waals surface area contributed by atoms with E-state index in [1.54, 1.807) is 0 Å². The van der Waals surface area contributed by atoms with Gasteiger partial charge in [0.25, 0.3) is 0 Å². The molecule has 0 N–H and O–H groups in total. The molecule has 0 radical (unpaired) electrons. The van der Waals surface area contributed by atoms with Gasteiger partial charge >= 0.3 is 0 Å². The van der Waals surface area contributed by atoms with Gasteiger partial charge in [0.15, 0.2) is 0 Å². The van der Waals surface area contributed by atoms with E-state index in [2.05, 4.69) is 76.5 Å². The summed E-state index contributed by atoms with van der Waals surface area (Å²) in [5, 5.41) is 0.847. The first kappa shape index (κ1) is 18.9. The highest BCUT2D eigenvalue weighted by Crippen LogP contribution is 2.52. The smallest absolute Gasteiger partial charge is 0.0945 e. The van der Waals surface area contributed by atoms with Crippen LogP contribution in [-0.4, -0.2) is 24.6 Å². The van der Waals surface area contributed by atoms with Gasteiger partial charge in [0.2, 0.25) is 0 Å². The van der Waals surface area contributed by atoms with Crippen molar-refractivity contribution in [3.8, 4) is 0 Å². The first-order chi connectivity index (χ1) is 12.3. The molecule has 0 saturated carbocycles. The Hall–Kier alpha value is -0.870. The second kappa shape index (κ2) is 9.72. The lowest BCUT2D eigenvalue weighted by Gasteiger charge is -2.40. The van der Waals surface area contributed by atoms with Gasteiger partial charge in [-0.2, -0.15) is 0 Å². The maximum absolute atomic E-state index is 4.21. The fraction of sp³-hybridized carbons (Fsp3) is 0.571. The van der Waals surface area contributed by atoms with Crippen molar-refractivity contribution in [1.82, 2.24) is 9.55 Å². The van der Waals surface area contributed by atoms with E-state index in [1.165, 1.54) is 56.3 Å². The lowest BCUT2D eigenvalue weighted by Crippen LogP contribution is -2.31. The molecule has 1 aromatic heterocycles. The molecule has 4 heteroatoms. The van der Waals surface area contributed by atoms with Gasteiger partial charge in [0.1, 0.15) is 0 Å². The molecule has 1 aliphatic rings. The second-order valence-corrected chi connectivity index (χ2v) is 10.4. The number of hydrogen-bond acceptors (Lipinski definition) is 3. The lowest BCUT2D eigenvalue weighted by atomic mass is 10.1. The molecule has 136 valence electrons. The molecule has 1 fully saturated rings. The average molecular weight is 375 g/mol. The minimum atomic E-state index is 0.358. The van der Waals surface area contributed by atoms with Gasteiger partial charge in [0.05, 0.1) is 10.4 Å². The SMILES string of the molecule is CCCCC1CCSC(CCc2ccccc2)(CCn2ccnc2)S1. The number of imidazole rings is 1. The molecule has 2 heterocycles. The van der Waals surface area contributed by atoms with Crippen LogP contribution in [-0.2, 0) is 13.0 Å². The quantitative estimate of drug-likeness (QED) is 0.533. The van der Waals surface area contributed by atoms with E-state index < -0.39 is 0 Å². The lowest BCUT2D eigenvalue weighted by molar-refractivity contribution is 0.559. The third-order valence-electron chi connectivity index (χ3n) is 5.01.